The third-order valence-electron chi connectivity index (χ3n) is 2.88. The highest BCUT2D eigenvalue weighted by molar-refractivity contribution is 8.00. The molecule has 0 saturated carbocycles. The zero-order valence-corrected chi connectivity index (χ0v) is 13.2. The number of amides is 2. The van der Waals surface area contributed by atoms with Crippen molar-refractivity contribution in [2.24, 2.45) is 0 Å². The van der Waals surface area contributed by atoms with Crippen molar-refractivity contribution < 1.29 is 9.59 Å². The summed E-state index contributed by atoms with van der Waals surface area (Å²) in [5.41, 5.74) is 1.84. The summed E-state index contributed by atoms with van der Waals surface area (Å²) in [5.74, 6) is 0.271. The monoisotopic (exact) mass is 314 g/mol. The van der Waals surface area contributed by atoms with Crippen molar-refractivity contribution in [2.45, 2.75) is 18.4 Å². The lowest BCUT2D eigenvalue weighted by atomic mass is 10.2. The van der Waals surface area contributed by atoms with Gasteiger partial charge in [0.05, 0.1) is 5.75 Å². The second-order valence-corrected chi connectivity index (χ2v) is 5.81. The minimum Gasteiger partial charge on any atom is -0.351 e. The molecule has 114 valence electrons. The lowest BCUT2D eigenvalue weighted by Crippen LogP contribution is -2.24. The fourth-order valence-electron chi connectivity index (χ4n) is 1.83. The first kappa shape index (κ1) is 16.1. The molecule has 0 fully saturated rings. The van der Waals surface area contributed by atoms with Gasteiger partial charge in [-0.05, 0) is 29.8 Å². The molecule has 22 heavy (non-hydrogen) atoms. The average molecular weight is 314 g/mol. The normalized spacial score (nSPS) is 10.0. The van der Waals surface area contributed by atoms with Crippen molar-refractivity contribution >= 4 is 29.3 Å². The third-order valence-corrected chi connectivity index (χ3v) is 3.89. The minimum absolute atomic E-state index is 0.000194. The van der Waals surface area contributed by atoms with Crippen LogP contribution in [0.25, 0.3) is 0 Å². The summed E-state index contributed by atoms with van der Waals surface area (Å²) in [4.78, 5) is 23.7. The van der Waals surface area contributed by atoms with Crippen molar-refractivity contribution in [3.63, 3.8) is 0 Å². The van der Waals surface area contributed by atoms with Gasteiger partial charge in [0.15, 0.2) is 0 Å². The number of hydrogen-bond donors (Lipinski definition) is 2. The first-order valence-corrected chi connectivity index (χ1v) is 7.93. The molecule has 2 aromatic rings. The Labute approximate surface area is 134 Å². The molecule has 5 heteroatoms. The van der Waals surface area contributed by atoms with Crippen LogP contribution < -0.4 is 10.6 Å². The molecule has 0 aromatic heterocycles. The zero-order chi connectivity index (χ0) is 15.8. The van der Waals surface area contributed by atoms with E-state index in [-0.39, 0.29) is 11.8 Å². The van der Waals surface area contributed by atoms with E-state index in [0.29, 0.717) is 12.3 Å². The van der Waals surface area contributed by atoms with Gasteiger partial charge in [0.25, 0.3) is 0 Å². The Hall–Kier alpha value is -2.27. The number of hydrogen-bond acceptors (Lipinski definition) is 3. The Morgan fingerprint density at radius 3 is 2.32 bits per heavy atom. The van der Waals surface area contributed by atoms with Crippen LogP contribution in [0.4, 0.5) is 5.69 Å². The van der Waals surface area contributed by atoms with Gasteiger partial charge in [-0.3, -0.25) is 9.59 Å². The predicted molar refractivity (Wildman–Crippen MR) is 89.8 cm³/mol. The first-order valence-electron chi connectivity index (χ1n) is 6.94. The fraction of sp³-hybridized carbons (Fsp3) is 0.176. The van der Waals surface area contributed by atoms with Gasteiger partial charge < -0.3 is 10.6 Å². The van der Waals surface area contributed by atoms with Crippen LogP contribution in [0.5, 0.6) is 0 Å². The van der Waals surface area contributed by atoms with E-state index in [9.17, 15) is 9.59 Å². The quantitative estimate of drug-likeness (QED) is 0.806. The summed E-state index contributed by atoms with van der Waals surface area (Å²) < 4.78 is 0. The second-order valence-electron chi connectivity index (χ2n) is 4.76. The largest absolute Gasteiger partial charge is 0.351 e. The van der Waals surface area contributed by atoms with Crippen molar-refractivity contribution in [1.29, 1.82) is 0 Å². The molecule has 2 rings (SSSR count). The molecule has 0 spiro atoms. The Morgan fingerprint density at radius 2 is 1.68 bits per heavy atom. The van der Waals surface area contributed by atoms with Gasteiger partial charge in [-0.25, -0.2) is 0 Å². The van der Waals surface area contributed by atoms with Crippen LogP contribution in [-0.4, -0.2) is 17.6 Å². The summed E-state index contributed by atoms with van der Waals surface area (Å²) >= 11 is 1.47. The lowest BCUT2D eigenvalue weighted by Gasteiger charge is -2.06. The molecule has 2 N–H and O–H groups in total. The highest BCUT2D eigenvalue weighted by Crippen LogP contribution is 2.20. The van der Waals surface area contributed by atoms with Gasteiger partial charge in [-0.1, -0.05) is 30.3 Å². The number of carbonyl (C=O) groups is 2. The molecule has 0 aliphatic rings. The lowest BCUT2D eigenvalue weighted by molar-refractivity contribution is -0.118. The molecule has 0 heterocycles. The van der Waals surface area contributed by atoms with Gasteiger partial charge in [0, 0.05) is 24.1 Å². The standard InChI is InChI=1S/C17H18N2O2S/c1-13(20)19-15-7-9-16(10-8-15)22-12-17(21)18-11-14-5-3-2-4-6-14/h2-10H,11-12H2,1H3,(H,18,21)(H,19,20). The van der Waals surface area contributed by atoms with Crippen molar-refractivity contribution in [1.82, 2.24) is 5.32 Å². The summed E-state index contributed by atoms with van der Waals surface area (Å²) in [6, 6.07) is 17.2. The number of nitrogens with one attached hydrogen (secondary N) is 2. The van der Waals surface area contributed by atoms with E-state index >= 15 is 0 Å². The Kier molecular flexibility index (Phi) is 6.03. The molecule has 0 saturated heterocycles. The zero-order valence-electron chi connectivity index (χ0n) is 12.3. The van der Waals surface area contributed by atoms with E-state index in [1.807, 2.05) is 54.6 Å². The second kappa shape index (κ2) is 8.24. The van der Waals surface area contributed by atoms with E-state index in [1.54, 1.807) is 0 Å². The number of rotatable bonds is 6. The molecule has 0 atom stereocenters. The maximum absolute atomic E-state index is 11.8. The Morgan fingerprint density at radius 1 is 1.00 bits per heavy atom. The SMILES string of the molecule is CC(=O)Nc1ccc(SCC(=O)NCc2ccccc2)cc1. The first-order chi connectivity index (χ1) is 10.6. The smallest absolute Gasteiger partial charge is 0.230 e. The van der Waals surface area contributed by atoms with Crippen LogP contribution in [0, 0.1) is 0 Å². The summed E-state index contributed by atoms with van der Waals surface area (Å²) in [5, 5.41) is 5.60. The number of anilines is 1. The summed E-state index contributed by atoms with van der Waals surface area (Å²) in [7, 11) is 0. The molecule has 0 unspecified atom stereocenters. The topological polar surface area (TPSA) is 58.2 Å². The Balaban J connectivity index is 1.75. The van der Waals surface area contributed by atoms with Crippen LogP contribution in [-0.2, 0) is 16.1 Å². The van der Waals surface area contributed by atoms with Crippen LogP contribution in [0.2, 0.25) is 0 Å². The minimum atomic E-state index is -0.0966. The van der Waals surface area contributed by atoms with Gasteiger partial charge in [-0.2, -0.15) is 0 Å². The fourth-order valence-corrected chi connectivity index (χ4v) is 2.56. The van der Waals surface area contributed by atoms with Crippen LogP contribution in [0.1, 0.15) is 12.5 Å². The van der Waals surface area contributed by atoms with Crippen LogP contribution >= 0.6 is 11.8 Å². The van der Waals surface area contributed by atoms with Crippen LogP contribution in [0.3, 0.4) is 0 Å². The van der Waals surface area contributed by atoms with Gasteiger partial charge in [-0.15, -0.1) is 11.8 Å². The summed E-state index contributed by atoms with van der Waals surface area (Å²) in [6.45, 7) is 2.02. The predicted octanol–water partition coefficient (Wildman–Crippen LogP) is 3.05. The highest BCUT2D eigenvalue weighted by atomic mass is 32.2. The molecular weight excluding hydrogens is 296 g/mol. The van der Waals surface area contributed by atoms with Crippen molar-refractivity contribution in [2.75, 3.05) is 11.1 Å². The maximum Gasteiger partial charge on any atom is 0.230 e. The molecule has 0 aliphatic carbocycles. The maximum atomic E-state index is 11.8. The summed E-state index contributed by atoms with van der Waals surface area (Å²) in [6.07, 6.45) is 0. The highest BCUT2D eigenvalue weighted by Gasteiger charge is 2.03. The van der Waals surface area contributed by atoms with Crippen LogP contribution in [0.15, 0.2) is 59.5 Å². The number of carbonyl (C=O) groups excluding carboxylic acids is 2. The number of thioether (sulfide) groups is 1. The molecule has 2 amide bonds. The van der Waals surface area contributed by atoms with E-state index in [0.717, 1.165) is 16.1 Å². The van der Waals surface area contributed by atoms with Crippen molar-refractivity contribution in [3.8, 4) is 0 Å². The molecule has 0 bridgehead atoms. The van der Waals surface area contributed by atoms with E-state index in [4.69, 9.17) is 0 Å². The van der Waals surface area contributed by atoms with E-state index < -0.39 is 0 Å². The molecule has 4 nitrogen and oxygen atoms in total. The number of benzene rings is 2. The molecular formula is C17H18N2O2S. The molecule has 0 radical (unpaired) electrons. The molecule has 2 aromatic carbocycles. The van der Waals surface area contributed by atoms with Gasteiger partial charge in [0.2, 0.25) is 11.8 Å². The van der Waals surface area contributed by atoms with Gasteiger partial charge in [0.1, 0.15) is 0 Å². The third kappa shape index (κ3) is 5.61. The van der Waals surface area contributed by atoms with E-state index in [2.05, 4.69) is 10.6 Å². The van der Waals surface area contributed by atoms with Gasteiger partial charge >= 0.3 is 0 Å². The van der Waals surface area contributed by atoms with Crippen molar-refractivity contribution in [3.05, 3.63) is 60.2 Å². The van der Waals surface area contributed by atoms with E-state index in [1.165, 1.54) is 18.7 Å². The molecule has 0 aliphatic heterocycles. The Bertz CT molecular complexity index is 627. The average Bonchev–Trinajstić information content (AvgIpc) is 2.53.